The predicted molar refractivity (Wildman–Crippen MR) is 70.1 cm³/mol. The van der Waals surface area contributed by atoms with Gasteiger partial charge in [0.05, 0.1) is 5.92 Å². The summed E-state index contributed by atoms with van der Waals surface area (Å²) in [5.74, 6) is -0.758. The van der Waals surface area contributed by atoms with Gasteiger partial charge in [-0.3, -0.25) is 9.69 Å². The van der Waals surface area contributed by atoms with Crippen molar-refractivity contribution in [3.8, 4) is 0 Å². The van der Waals surface area contributed by atoms with Gasteiger partial charge in [-0.1, -0.05) is 0 Å². The van der Waals surface area contributed by atoms with E-state index >= 15 is 0 Å². The molecule has 92 valence electrons. The molecule has 2 fully saturated rings. The molecule has 3 rings (SSSR count). The molecule has 0 spiro atoms. The lowest BCUT2D eigenvalue weighted by Crippen LogP contribution is -2.32. The Morgan fingerprint density at radius 2 is 2.41 bits per heavy atom. The molecule has 3 nitrogen and oxygen atoms in total. The van der Waals surface area contributed by atoms with Crippen LogP contribution in [-0.4, -0.2) is 28.1 Å². The summed E-state index contributed by atoms with van der Waals surface area (Å²) in [4.78, 5) is 14.9. The fourth-order valence-corrected chi connectivity index (χ4v) is 4.69. The first-order chi connectivity index (χ1) is 8.15. The van der Waals surface area contributed by atoms with Gasteiger partial charge < -0.3 is 5.11 Å². The van der Waals surface area contributed by atoms with Crippen molar-refractivity contribution < 1.29 is 9.90 Å². The quantitative estimate of drug-likeness (QED) is 0.932. The normalized spacial score (nSPS) is 32.2. The molecule has 2 aliphatic heterocycles. The number of aliphatic carboxylic acids is 1. The molecule has 0 aromatic carbocycles. The van der Waals surface area contributed by atoms with Crippen molar-refractivity contribution in [2.45, 2.75) is 37.9 Å². The van der Waals surface area contributed by atoms with Crippen LogP contribution >= 0.6 is 27.3 Å². The van der Waals surface area contributed by atoms with Gasteiger partial charge in [0.1, 0.15) is 0 Å². The summed E-state index contributed by atoms with van der Waals surface area (Å²) < 4.78 is 1.12. The molecule has 2 aliphatic rings. The van der Waals surface area contributed by atoms with Crippen molar-refractivity contribution in [3.05, 3.63) is 20.8 Å². The van der Waals surface area contributed by atoms with Crippen LogP contribution in [0.4, 0.5) is 0 Å². The molecule has 17 heavy (non-hydrogen) atoms. The molecule has 3 heterocycles. The second kappa shape index (κ2) is 4.37. The van der Waals surface area contributed by atoms with E-state index in [4.69, 9.17) is 0 Å². The van der Waals surface area contributed by atoms with Gasteiger partial charge in [0.2, 0.25) is 0 Å². The number of thiophene rings is 1. The van der Waals surface area contributed by atoms with Crippen molar-refractivity contribution in [3.63, 3.8) is 0 Å². The zero-order valence-electron chi connectivity index (χ0n) is 9.30. The van der Waals surface area contributed by atoms with E-state index in [0.29, 0.717) is 6.04 Å². The smallest absolute Gasteiger partial charge is 0.308 e. The van der Waals surface area contributed by atoms with Crippen molar-refractivity contribution in [1.29, 1.82) is 0 Å². The third kappa shape index (κ3) is 2.04. The highest BCUT2D eigenvalue weighted by molar-refractivity contribution is 9.10. The molecule has 0 saturated carbocycles. The molecule has 1 N–H and O–H groups in total. The number of rotatable bonds is 3. The minimum absolute atomic E-state index is 0.142. The van der Waals surface area contributed by atoms with E-state index < -0.39 is 5.97 Å². The summed E-state index contributed by atoms with van der Waals surface area (Å²) in [7, 11) is 0. The molecule has 2 saturated heterocycles. The Morgan fingerprint density at radius 1 is 1.59 bits per heavy atom. The number of hydrogen-bond acceptors (Lipinski definition) is 3. The van der Waals surface area contributed by atoms with E-state index in [9.17, 15) is 9.90 Å². The number of carboxylic acids is 1. The lowest BCUT2D eigenvalue weighted by atomic mass is 9.89. The molecule has 0 amide bonds. The van der Waals surface area contributed by atoms with Crippen LogP contribution in [0.3, 0.4) is 0 Å². The summed E-state index contributed by atoms with van der Waals surface area (Å²) in [6, 6.07) is 2.89. The fraction of sp³-hybridized carbons (Fsp3) is 0.583. The SMILES string of the molecule is O=C(O)C1CC2CCC1N2Cc1cc(Br)cs1. The van der Waals surface area contributed by atoms with E-state index in [-0.39, 0.29) is 12.0 Å². The maximum absolute atomic E-state index is 11.2. The van der Waals surface area contributed by atoms with Gasteiger partial charge in [-0.05, 0) is 41.3 Å². The lowest BCUT2D eigenvalue weighted by Gasteiger charge is -2.21. The third-order valence-corrected chi connectivity index (χ3v) is 5.64. The second-order valence-corrected chi connectivity index (χ2v) is 6.79. The van der Waals surface area contributed by atoms with Crippen LogP contribution in [0.15, 0.2) is 15.9 Å². The highest BCUT2D eigenvalue weighted by atomic mass is 79.9. The first-order valence-corrected chi connectivity index (χ1v) is 7.54. The van der Waals surface area contributed by atoms with Gasteiger partial charge in [-0.25, -0.2) is 0 Å². The minimum Gasteiger partial charge on any atom is -0.481 e. The van der Waals surface area contributed by atoms with E-state index in [0.717, 1.165) is 23.9 Å². The number of hydrogen-bond donors (Lipinski definition) is 1. The monoisotopic (exact) mass is 315 g/mol. The van der Waals surface area contributed by atoms with Crippen molar-refractivity contribution in [1.82, 2.24) is 4.90 Å². The van der Waals surface area contributed by atoms with Gasteiger partial charge in [0.25, 0.3) is 0 Å². The van der Waals surface area contributed by atoms with Gasteiger partial charge in [-0.15, -0.1) is 11.3 Å². The molecule has 0 aliphatic carbocycles. The highest BCUT2D eigenvalue weighted by Crippen LogP contribution is 2.43. The minimum atomic E-state index is -0.616. The van der Waals surface area contributed by atoms with Crippen LogP contribution in [0.2, 0.25) is 0 Å². The van der Waals surface area contributed by atoms with Crippen LogP contribution in [0, 0.1) is 5.92 Å². The molecular weight excluding hydrogens is 302 g/mol. The average Bonchev–Trinajstić information content (AvgIpc) is 2.95. The summed E-state index contributed by atoms with van der Waals surface area (Å²) >= 11 is 5.20. The first kappa shape index (κ1) is 11.7. The van der Waals surface area contributed by atoms with Crippen LogP contribution in [0.25, 0.3) is 0 Å². The molecule has 3 unspecified atom stereocenters. The zero-order chi connectivity index (χ0) is 12.0. The Labute approximate surface area is 113 Å². The number of fused-ring (bicyclic) bond motifs is 2. The van der Waals surface area contributed by atoms with Gasteiger partial charge in [-0.2, -0.15) is 0 Å². The van der Waals surface area contributed by atoms with Gasteiger partial charge in [0, 0.05) is 33.4 Å². The van der Waals surface area contributed by atoms with Gasteiger partial charge >= 0.3 is 5.97 Å². The molecule has 0 radical (unpaired) electrons. The predicted octanol–water partition coefficient (Wildman–Crippen LogP) is 2.95. The lowest BCUT2D eigenvalue weighted by molar-refractivity contribution is -0.142. The van der Waals surface area contributed by atoms with E-state index in [1.807, 2.05) is 0 Å². The largest absolute Gasteiger partial charge is 0.481 e. The van der Waals surface area contributed by atoms with E-state index in [1.165, 1.54) is 11.3 Å². The van der Waals surface area contributed by atoms with Crippen LogP contribution in [-0.2, 0) is 11.3 Å². The number of nitrogens with zero attached hydrogens (tertiary/aromatic N) is 1. The Kier molecular flexibility index (Phi) is 3.00. The Balaban J connectivity index is 1.75. The van der Waals surface area contributed by atoms with Gasteiger partial charge in [0.15, 0.2) is 0 Å². The fourth-order valence-electron chi connectivity index (χ4n) is 3.23. The van der Waals surface area contributed by atoms with Crippen LogP contribution in [0.1, 0.15) is 24.1 Å². The van der Waals surface area contributed by atoms with Crippen molar-refractivity contribution in [2.75, 3.05) is 0 Å². The number of carboxylic acid groups (broad SMARTS) is 1. The Hall–Kier alpha value is -0.390. The molecule has 1 aromatic rings. The Bertz CT molecular complexity index is 447. The van der Waals surface area contributed by atoms with Crippen molar-refractivity contribution in [2.24, 2.45) is 5.92 Å². The molecule has 1 aromatic heterocycles. The topological polar surface area (TPSA) is 40.5 Å². The third-order valence-electron chi connectivity index (χ3n) is 3.96. The molecule has 2 bridgehead atoms. The molecular formula is C12H14BrNO2S. The number of carbonyl (C=O) groups is 1. The zero-order valence-corrected chi connectivity index (χ0v) is 11.7. The van der Waals surface area contributed by atoms with E-state index in [1.54, 1.807) is 11.3 Å². The summed E-state index contributed by atoms with van der Waals surface area (Å²) in [6.45, 7) is 0.912. The summed E-state index contributed by atoms with van der Waals surface area (Å²) in [5, 5.41) is 11.3. The average molecular weight is 316 g/mol. The van der Waals surface area contributed by atoms with Crippen LogP contribution < -0.4 is 0 Å². The second-order valence-electron chi connectivity index (χ2n) is 4.88. The molecule has 3 atom stereocenters. The summed E-state index contributed by atoms with van der Waals surface area (Å²) in [6.07, 6.45) is 3.06. The van der Waals surface area contributed by atoms with Crippen LogP contribution in [0.5, 0.6) is 0 Å². The standard InChI is InChI=1S/C12H14BrNO2S/c13-7-3-9(17-6-7)5-14-8-1-2-11(14)10(4-8)12(15)16/h3,6,8,10-11H,1-2,4-5H2,(H,15,16). The summed E-state index contributed by atoms with van der Waals surface area (Å²) in [5.41, 5.74) is 0. The highest BCUT2D eigenvalue weighted by Gasteiger charge is 2.48. The Morgan fingerprint density at radius 3 is 3.00 bits per heavy atom. The first-order valence-electron chi connectivity index (χ1n) is 5.86. The maximum atomic E-state index is 11.2. The number of halogens is 1. The van der Waals surface area contributed by atoms with Crippen molar-refractivity contribution >= 4 is 33.2 Å². The molecule has 5 heteroatoms. The maximum Gasteiger partial charge on any atom is 0.308 e. The van der Waals surface area contributed by atoms with E-state index in [2.05, 4.69) is 32.3 Å².